The van der Waals surface area contributed by atoms with Crippen LogP contribution in [0.1, 0.15) is 11.7 Å². The predicted molar refractivity (Wildman–Crippen MR) is 81.0 cm³/mol. The predicted octanol–water partition coefficient (Wildman–Crippen LogP) is 3.50. The minimum atomic E-state index is -0.857. The van der Waals surface area contributed by atoms with Crippen molar-refractivity contribution in [2.24, 2.45) is 0 Å². The molecule has 1 unspecified atom stereocenters. The largest absolute Gasteiger partial charge is 0.387 e. The van der Waals surface area contributed by atoms with Crippen LogP contribution in [0.5, 0.6) is 0 Å². The van der Waals surface area contributed by atoms with E-state index in [2.05, 4.69) is 15.3 Å². The normalized spacial score (nSPS) is 12.5. The van der Waals surface area contributed by atoms with E-state index in [0.717, 1.165) is 11.0 Å². The first kappa shape index (κ1) is 13.9. The van der Waals surface area contributed by atoms with Crippen molar-refractivity contribution in [1.29, 1.82) is 0 Å². The number of halogens is 2. The zero-order valence-electron chi connectivity index (χ0n) is 11.0. The van der Waals surface area contributed by atoms with E-state index < -0.39 is 11.9 Å². The van der Waals surface area contributed by atoms with Crippen LogP contribution in [0.3, 0.4) is 0 Å². The smallest absolute Gasteiger partial charge is 0.201 e. The molecule has 0 amide bonds. The van der Waals surface area contributed by atoms with Crippen molar-refractivity contribution in [1.82, 2.24) is 9.97 Å². The summed E-state index contributed by atoms with van der Waals surface area (Å²) >= 11 is 5.62. The van der Waals surface area contributed by atoms with Crippen molar-refractivity contribution < 1.29 is 9.50 Å². The zero-order chi connectivity index (χ0) is 14.8. The van der Waals surface area contributed by atoms with Crippen LogP contribution in [-0.2, 0) is 0 Å². The molecule has 3 aromatic rings. The number of rotatable bonds is 4. The van der Waals surface area contributed by atoms with Gasteiger partial charge in [0.1, 0.15) is 5.82 Å². The van der Waals surface area contributed by atoms with E-state index in [-0.39, 0.29) is 11.6 Å². The molecule has 3 rings (SSSR count). The van der Waals surface area contributed by atoms with Gasteiger partial charge >= 0.3 is 0 Å². The van der Waals surface area contributed by atoms with Crippen molar-refractivity contribution in [3.05, 3.63) is 58.9 Å². The molecule has 0 radical (unpaired) electrons. The van der Waals surface area contributed by atoms with Crippen LogP contribution >= 0.6 is 11.6 Å². The summed E-state index contributed by atoms with van der Waals surface area (Å²) in [6, 6.07) is 11.9. The van der Waals surface area contributed by atoms with Gasteiger partial charge in [-0.15, -0.1) is 0 Å². The molecular weight excluding hydrogens is 293 g/mol. The van der Waals surface area contributed by atoms with Crippen LogP contribution in [0, 0.1) is 5.82 Å². The monoisotopic (exact) mass is 305 g/mol. The first-order valence-electron chi connectivity index (χ1n) is 6.45. The Labute approximate surface area is 125 Å². The maximum Gasteiger partial charge on any atom is 0.201 e. The highest BCUT2D eigenvalue weighted by Crippen LogP contribution is 2.21. The molecule has 21 heavy (non-hydrogen) atoms. The second-order valence-corrected chi connectivity index (χ2v) is 5.08. The lowest BCUT2D eigenvalue weighted by atomic mass is 10.1. The van der Waals surface area contributed by atoms with E-state index in [9.17, 15) is 9.50 Å². The number of benzene rings is 2. The summed E-state index contributed by atoms with van der Waals surface area (Å²) < 4.78 is 13.4. The quantitative estimate of drug-likeness (QED) is 0.691. The van der Waals surface area contributed by atoms with Crippen molar-refractivity contribution in [2.75, 3.05) is 11.9 Å². The molecule has 0 saturated heterocycles. The summed E-state index contributed by atoms with van der Waals surface area (Å²) in [5.41, 5.74) is 2.21. The molecule has 0 aliphatic rings. The molecule has 0 saturated carbocycles. The van der Waals surface area contributed by atoms with Crippen LogP contribution in [0.4, 0.5) is 10.3 Å². The molecule has 0 fully saturated rings. The molecule has 0 aliphatic heterocycles. The fourth-order valence-electron chi connectivity index (χ4n) is 2.07. The van der Waals surface area contributed by atoms with Gasteiger partial charge in [-0.25, -0.2) is 9.37 Å². The highest BCUT2D eigenvalue weighted by atomic mass is 35.5. The minimum Gasteiger partial charge on any atom is -0.387 e. The Morgan fingerprint density at radius 3 is 2.86 bits per heavy atom. The third-order valence-corrected chi connectivity index (χ3v) is 3.49. The summed E-state index contributed by atoms with van der Waals surface area (Å²) in [6.45, 7) is 0.209. The van der Waals surface area contributed by atoms with E-state index in [4.69, 9.17) is 11.6 Å². The molecule has 4 nitrogen and oxygen atoms in total. The van der Waals surface area contributed by atoms with Gasteiger partial charge in [0, 0.05) is 6.54 Å². The molecule has 0 bridgehead atoms. The molecule has 3 N–H and O–H groups in total. The molecule has 1 atom stereocenters. The summed E-state index contributed by atoms with van der Waals surface area (Å²) in [4.78, 5) is 7.43. The number of imidazole rings is 1. The zero-order valence-corrected chi connectivity index (χ0v) is 11.7. The first-order chi connectivity index (χ1) is 10.1. The van der Waals surface area contributed by atoms with Crippen molar-refractivity contribution in [2.45, 2.75) is 6.10 Å². The Morgan fingerprint density at radius 1 is 1.29 bits per heavy atom. The Bertz CT molecular complexity index is 741. The van der Waals surface area contributed by atoms with Crippen molar-refractivity contribution in [3.63, 3.8) is 0 Å². The fourth-order valence-corrected chi connectivity index (χ4v) is 2.18. The minimum absolute atomic E-state index is 0.0381. The van der Waals surface area contributed by atoms with Gasteiger partial charge in [0.05, 0.1) is 22.2 Å². The van der Waals surface area contributed by atoms with Gasteiger partial charge < -0.3 is 15.4 Å². The van der Waals surface area contributed by atoms with Gasteiger partial charge in [0.2, 0.25) is 5.95 Å². The summed E-state index contributed by atoms with van der Waals surface area (Å²) in [5, 5.41) is 13.1. The Kier molecular flexibility index (Phi) is 3.77. The topological polar surface area (TPSA) is 60.9 Å². The molecule has 6 heteroatoms. The van der Waals surface area contributed by atoms with Gasteiger partial charge in [0.25, 0.3) is 0 Å². The van der Waals surface area contributed by atoms with E-state index in [1.54, 1.807) is 6.07 Å². The van der Waals surface area contributed by atoms with Crippen LogP contribution in [0.15, 0.2) is 42.5 Å². The highest BCUT2D eigenvalue weighted by molar-refractivity contribution is 6.30. The molecule has 1 aromatic heterocycles. The lowest BCUT2D eigenvalue weighted by molar-refractivity contribution is 0.191. The first-order valence-corrected chi connectivity index (χ1v) is 6.83. The fraction of sp³-hybridized carbons (Fsp3) is 0.133. The number of anilines is 1. The third-order valence-electron chi connectivity index (χ3n) is 3.18. The third kappa shape index (κ3) is 2.99. The lowest BCUT2D eigenvalue weighted by Gasteiger charge is -2.12. The number of nitrogens with zero attached hydrogens (tertiary/aromatic N) is 1. The molecule has 0 spiro atoms. The highest BCUT2D eigenvalue weighted by Gasteiger charge is 2.11. The van der Waals surface area contributed by atoms with E-state index in [1.807, 2.05) is 24.3 Å². The number of para-hydroxylation sites is 2. The number of H-pyrrole nitrogens is 1. The van der Waals surface area contributed by atoms with Gasteiger partial charge in [-0.3, -0.25) is 0 Å². The lowest BCUT2D eigenvalue weighted by Crippen LogP contribution is -2.13. The Balaban J connectivity index is 1.70. The molecule has 1 heterocycles. The Hall–Kier alpha value is -2.11. The Morgan fingerprint density at radius 2 is 2.10 bits per heavy atom. The van der Waals surface area contributed by atoms with E-state index in [0.29, 0.717) is 11.5 Å². The molecule has 108 valence electrons. The van der Waals surface area contributed by atoms with Gasteiger partial charge in [-0.2, -0.15) is 0 Å². The van der Waals surface area contributed by atoms with Crippen molar-refractivity contribution >= 4 is 28.6 Å². The number of aromatic amines is 1. The standard InChI is InChI=1S/C15H13ClFN3O/c16-10-6-5-9(7-11(10)17)14(21)8-18-15-19-12-3-1-2-4-13(12)20-15/h1-7,14,21H,8H2,(H2,18,19,20). The maximum atomic E-state index is 13.4. The number of nitrogens with one attached hydrogen (secondary N) is 2. The van der Waals surface area contributed by atoms with E-state index >= 15 is 0 Å². The molecule has 2 aromatic carbocycles. The average Bonchev–Trinajstić information content (AvgIpc) is 2.90. The second kappa shape index (κ2) is 5.71. The van der Waals surface area contributed by atoms with E-state index in [1.165, 1.54) is 12.1 Å². The maximum absolute atomic E-state index is 13.4. The summed E-state index contributed by atoms with van der Waals surface area (Å²) in [7, 11) is 0. The molecule has 0 aliphatic carbocycles. The number of aromatic nitrogens is 2. The van der Waals surface area contributed by atoms with Crippen LogP contribution in [0.25, 0.3) is 11.0 Å². The van der Waals surface area contributed by atoms with Crippen molar-refractivity contribution in [3.8, 4) is 0 Å². The number of fused-ring (bicyclic) bond motifs is 1. The molecular formula is C15H13ClFN3O. The number of aliphatic hydroxyl groups is 1. The van der Waals surface area contributed by atoms with Crippen LogP contribution in [-0.4, -0.2) is 21.6 Å². The average molecular weight is 306 g/mol. The number of hydrogen-bond donors (Lipinski definition) is 3. The van der Waals surface area contributed by atoms with Crippen LogP contribution < -0.4 is 5.32 Å². The van der Waals surface area contributed by atoms with Crippen LogP contribution in [0.2, 0.25) is 5.02 Å². The van der Waals surface area contributed by atoms with Gasteiger partial charge in [-0.05, 0) is 29.8 Å². The number of aliphatic hydroxyl groups excluding tert-OH is 1. The van der Waals surface area contributed by atoms with Gasteiger partial charge in [0.15, 0.2) is 0 Å². The SMILES string of the molecule is OC(CNc1nc2ccccc2[nH]1)c1ccc(Cl)c(F)c1. The second-order valence-electron chi connectivity index (χ2n) is 4.67. The van der Waals surface area contributed by atoms with Gasteiger partial charge in [-0.1, -0.05) is 29.8 Å². The summed E-state index contributed by atoms with van der Waals surface area (Å²) in [6.07, 6.45) is -0.857. The summed E-state index contributed by atoms with van der Waals surface area (Å²) in [5.74, 6) is 0.0154. The number of hydrogen-bond acceptors (Lipinski definition) is 3.